The van der Waals surface area contributed by atoms with Crippen molar-refractivity contribution in [2.45, 2.75) is 13.0 Å². The monoisotopic (exact) mass is 277 g/mol. The van der Waals surface area contributed by atoms with Crippen LogP contribution in [0.25, 0.3) is 10.9 Å². The number of hydrogen-bond acceptors (Lipinski definition) is 3. The molecular formula is C12H12BrN3. The average molecular weight is 278 g/mol. The minimum atomic E-state index is 0.834. The predicted octanol–water partition coefficient (Wildman–Crippen LogP) is 2.23. The van der Waals surface area contributed by atoms with Crippen LogP contribution in [0.4, 0.5) is 5.69 Å². The number of rotatable bonds is 0. The highest BCUT2D eigenvalue weighted by atomic mass is 79.9. The van der Waals surface area contributed by atoms with E-state index in [0.29, 0.717) is 0 Å². The van der Waals surface area contributed by atoms with Crippen molar-refractivity contribution in [2.24, 2.45) is 0 Å². The van der Waals surface area contributed by atoms with Gasteiger partial charge in [-0.05, 0) is 18.2 Å². The molecule has 1 aliphatic rings. The maximum Gasteiger partial charge on any atom is 0.0737 e. The highest BCUT2D eigenvalue weighted by Gasteiger charge is 2.15. The molecule has 1 aliphatic heterocycles. The summed E-state index contributed by atoms with van der Waals surface area (Å²) in [6.45, 7) is 1.82. The van der Waals surface area contributed by atoms with E-state index in [4.69, 9.17) is 5.73 Å². The highest BCUT2D eigenvalue weighted by molar-refractivity contribution is 9.10. The number of benzene rings is 1. The third-order valence-corrected chi connectivity index (χ3v) is 3.51. The molecule has 0 atom stereocenters. The molecule has 4 heteroatoms. The summed E-state index contributed by atoms with van der Waals surface area (Å²) in [6, 6.07) is 6.05. The zero-order valence-electron chi connectivity index (χ0n) is 8.76. The Morgan fingerprint density at radius 2 is 2.25 bits per heavy atom. The van der Waals surface area contributed by atoms with Gasteiger partial charge in [-0.15, -0.1) is 0 Å². The minimum Gasteiger partial charge on any atom is -0.398 e. The van der Waals surface area contributed by atoms with Crippen molar-refractivity contribution >= 4 is 32.5 Å². The summed E-state index contributed by atoms with van der Waals surface area (Å²) in [5.41, 5.74) is 10.4. The molecular weight excluding hydrogens is 266 g/mol. The smallest absolute Gasteiger partial charge is 0.0737 e. The Bertz CT molecular complexity index is 566. The predicted molar refractivity (Wildman–Crippen MR) is 69.3 cm³/mol. The van der Waals surface area contributed by atoms with Crippen molar-refractivity contribution in [3.63, 3.8) is 0 Å². The van der Waals surface area contributed by atoms with Crippen LogP contribution in [0.3, 0.4) is 0 Å². The summed E-state index contributed by atoms with van der Waals surface area (Å²) < 4.78 is 1.04. The Labute approximate surface area is 102 Å². The molecule has 0 saturated carbocycles. The van der Waals surface area contributed by atoms with Crippen LogP contribution in [0.5, 0.6) is 0 Å². The summed E-state index contributed by atoms with van der Waals surface area (Å²) in [5.74, 6) is 0. The number of nitrogens with zero attached hydrogens (tertiary/aromatic N) is 1. The van der Waals surface area contributed by atoms with Crippen LogP contribution in [0.2, 0.25) is 0 Å². The fraction of sp³-hybridized carbons (Fsp3) is 0.250. The van der Waals surface area contributed by atoms with Crippen LogP contribution in [-0.2, 0) is 13.0 Å². The Morgan fingerprint density at radius 3 is 3.12 bits per heavy atom. The quantitative estimate of drug-likeness (QED) is 0.777. The third kappa shape index (κ3) is 1.49. The van der Waals surface area contributed by atoms with E-state index < -0.39 is 0 Å². The number of anilines is 1. The summed E-state index contributed by atoms with van der Waals surface area (Å²) in [6.07, 6.45) is 0.960. The van der Waals surface area contributed by atoms with Crippen molar-refractivity contribution in [2.75, 3.05) is 12.3 Å². The van der Waals surface area contributed by atoms with Crippen LogP contribution in [0.1, 0.15) is 11.3 Å². The van der Waals surface area contributed by atoms with Crippen LogP contribution in [0.15, 0.2) is 22.7 Å². The lowest BCUT2D eigenvalue weighted by Crippen LogP contribution is -2.25. The molecule has 82 valence electrons. The van der Waals surface area contributed by atoms with Gasteiger partial charge in [0.15, 0.2) is 0 Å². The summed E-state index contributed by atoms with van der Waals surface area (Å²) in [7, 11) is 0. The normalized spacial score (nSPS) is 15.1. The molecule has 0 fully saturated rings. The van der Waals surface area contributed by atoms with E-state index in [9.17, 15) is 0 Å². The minimum absolute atomic E-state index is 0.834. The molecule has 16 heavy (non-hydrogen) atoms. The van der Waals surface area contributed by atoms with Crippen LogP contribution in [-0.4, -0.2) is 11.5 Å². The Hall–Kier alpha value is -1.13. The first kappa shape index (κ1) is 10.1. The molecule has 0 radical (unpaired) electrons. The second-order valence-corrected chi connectivity index (χ2v) is 4.95. The van der Waals surface area contributed by atoms with Crippen LogP contribution >= 0.6 is 15.9 Å². The molecule has 2 aromatic rings. The topological polar surface area (TPSA) is 50.9 Å². The lowest BCUT2D eigenvalue weighted by atomic mass is 10.0. The van der Waals surface area contributed by atoms with Crippen molar-refractivity contribution in [3.8, 4) is 0 Å². The van der Waals surface area contributed by atoms with Gasteiger partial charge in [0.1, 0.15) is 0 Å². The number of nitrogen functional groups attached to an aromatic ring is 1. The van der Waals surface area contributed by atoms with Gasteiger partial charge in [-0.3, -0.25) is 4.98 Å². The number of hydrogen-bond donors (Lipinski definition) is 2. The highest BCUT2D eigenvalue weighted by Crippen LogP contribution is 2.29. The van der Waals surface area contributed by atoms with Gasteiger partial charge in [-0.2, -0.15) is 0 Å². The number of nitrogens with one attached hydrogen (secondary N) is 1. The molecule has 0 saturated heterocycles. The molecule has 2 heterocycles. The first-order chi connectivity index (χ1) is 7.75. The van der Waals surface area contributed by atoms with Crippen molar-refractivity contribution in [1.82, 2.24) is 10.3 Å². The van der Waals surface area contributed by atoms with Gasteiger partial charge < -0.3 is 11.1 Å². The van der Waals surface area contributed by atoms with Gasteiger partial charge in [-0.25, -0.2) is 0 Å². The van der Waals surface area contributed by atoms with Gasteiger partial charge in [0.25, 0.3) is 0 Å². The third-order valence-electron chi connectivity index (χ3n) is 3.02. The van der Waals surface area contributed by atoms with Crippen molar-refractivity contribution < 1.29 is 0 Å². The van der Waals surface area contributed by atoms with Gasteiger partial charge in [0.05, 0.1) is 5.52 Å². The van der Waals surface area contributed by atoms with Gasteiger partial charge in [0, 0.05) is 46.3 Å². The standard InChI is InChI=1S/C12H12BrN3/c13-7-1-2-8-11(5-7)16-10-3-4-15-6-9(10)12(8)14/h1-2,5,15H,3-4,6H2,(H2,14,16). The zero-order valence-corrected chi connectivity index (χ0v) is 10.3. The summed E-state index contributed by atoms with van der Waals surface area (Å²) >= 11 is 3.46. The molecule has 0 bridgehead atoms. The summed E-state index contributed by atoms with van der Waals surface area (Å²) in [4.78, 5) is 4.69. The maximum absolute atomic E-state index is 6.19. The van der Waals surface area contributed by atoms with E-state index in [1.54, 1.807) is 0 Å². The molecule has 0 unspecified atom stereocenters. The Kier molecular flexibility index (Phi) is 2.33. The molecule has 3 rings (SSSR count). The fourth-order valence-corrected chi connectivity index (χ4v) is 2.53. The van der Waals surface area contributed by atoms with E-state index in [1.807, 2.05) is 18.2 Å². The number of aromatic nitrogens is 1. The van der Waals surface area contributed by atoms with Crippen molar-refractivity contribution in [3.05, 3.63) is 33.9 Å². The largest absolute Gasteiger partial charge is 0.398 e. The number of pyridine rings is 1. The number of fused-ring (bicyclic) bond motifs is 2. The lowest BCUT2D eigenvalue weighted by molar-refractivity contribution is 0.634. The van der Waals surface area contributed by atoms with E-state index >= 15 is 0 Å². The van der Waals surface area contributed by atoms with Gasteiger partial charge >= 0.3 is 0 Å². The molecule has 3 N–H and O–H groups in total. The molecule has 3 nitrogen and oxygen atoms in total. The molecule has 0 aliphatic carbocycles. The zero-order chi connectivity index (χ0) is 11.1. The SMILES string of the molecule is Nc1c2c(nc3cc(Br)ccc13)CCNC2. The molecule has 0 spiro atoms. The summed E-state index contributed by atoms with van der Waals surface area (Å²) in [5, 5.41) is 4.38. The molecule has 1 aromatic carbocycles. The first-order valence-electron chi connectivity index (χ1n) is 5.33. The number of nitrogens with two attached hydrogens (primary N) is 1. The van der Waals surface area contributed by atoms with E-state index in [1.165, 1.54) is 5.56 Å². The molecule has 1 aromatic heterocycles. The van der Waals surface area contributed by atoms with Gasteiger partial charge in [-0.1, -0.05) is 15.9 Å². The Balaban J connectivity index is 2.34. The van der Waals surface area contributed by atoms with Crippen LogP contribution in [0, 0.1) is 0 Å². The Morgan fingerprint density at radius 1 is 1.38 bits per heavy atom. The molecule has 0 amide bonds. The second-order valence-electron chi connectivity index (χ2n) is 4.04. The number of halogens is 1. The lowest BCUT2D eigenvalue weighted by Gasteiger charge is -2.19. The van der Waals surface area contributed by atoms with Crippen LogP contribution < -0.4 is 11.1 Å². The van der Waals surface area contributed by atoms with E-state index in [0.717, 1.165) is 46.3 Å². The van der Waals surface area contributed by atoms with E-state index in [2.05, 4.69) is 26.2 Å². The van der Waals surface area contributed by atoms with E-state index in [-0.39, 0.29) is 0 Å². The maximum atomic E-state index is 6.19. The fourth-order valence-electron chi connectivity index (χ4n) is 2.18. The first-order valence-corrected chi connectivity index (χ1v) is 6.12. The second kappa shape index (κ2) is 3.71. The van der Waals surface area contributed by atoms with Crippen molar-refractivity contribution in [1.29, 1.82) is 0 Å². The van der Waals surface area contributed by atoms with Gasteiger partial charge in [0.2, 0.25) is 0 Å². The average Bonchev–Trinajstić information content (AvgIpc) is 2.29.